The van der Waals surface area contributed by atoms with Gasteiger partial charge in [0, 0.05) is 25.2 Å². The lowest BCUT2D eigenvalue weighted by molar-refractivity contribution is 0.0940. The van der Waals surface area contributed by atoms with Crippen molar-refractivity contribution in [2.24, 2.45) is 0 Å². The molecule has 0 atom stereocenters. The maximum Gasteiger partial charge on any atom is 0.409 e. The Balaban J connectivity index is 1.68. The van der Waals surface area contributed by atoms with E-state index in [1.54, 1.807) is 0 Å². The molecule has 5 heteroatoms. The molecule has 0 aromatic rings. The molecule has 0 spiro atoms. The Morgan fingerprint density at radius 1 is 1.22 bits per heavy atom. The molecule has 2 aliphatic heterocycles. The number of ether oxygens (including phenoxy) is 1. The van der Waals surface area contributed by atoms with Crippen LogP contribution < -0.4 is 5.32 Å². The van der Waals surface area contributed by atoms with E-state index in [2.05, 4.69) is 17.1 Å². The van der Waals surface area contributed by atoms with Crippen LogP contribution in [-0.4, -0.2) is 54.3 Å². The van der Waals surface area contributed by atoms with Gasteiger partial charge in [0.2, 0.25) is 0 Å². The van der Waals surface area contributed by atoms with Crippen LogP contribution in [0.15, 0.2) is 0 Å². The molecule has 2 heterocycles. The molecule has 1 amide bonds. The molecule has 2 aliphatic rings. The predicted octanol–water partition coefficient (Wildman–Crippen LogP) is 2.09. The van der Waals surface area contributed by atoms with Gasteiger partial charge in [0.25, 0.3) is 0 Å². The first-order valence-electron chi connectivity index (χ1n) is 7.05. The van der Waals surface area contributed by atoms with Crippen molar-refractivity contribution in [1.29, 1.82) is 0 Å². The van der Waals surface area contributed by atoms with Gasteiger partial charge in [-0.1, -0.05) is 0 Å². The van der Waals surface area contributed by atoms with Crippen LogP contribution in [0, 0.1) is 0 Å². The lowest BCUT2D eigenvalue weighted by Gasteiger charge is -2.35. The Kier molecular flexibility index (Phi) is 5.63. The number of nitrogens with one attached hydrogen (secondary N) is 1. The van der Waals surface area contributed by atoms with Gasteiger partial charge >= 0.3 is 6.09 Å². The van der Waals surface area contributed by atoms with Gasteiger partial charge < -0.3 is 15.0 Å². The highest BCUT2D eigenvalue weighted by molar-refractivity contribution is 7.99. The summed E-state index contributed by atoms with van der Waals surface area (Å²) in [5, 5.41) is 3.76. The predicted molar refractivity (Wildman–Crippen MR) is 75.1 cm³/mol. The summed E-state index contributed by atoms with van der Waals surface area (Å²) in [5.74, 6) is 2.58. The molecular formula is C13H24N2O2S. The van der Waals surface area contributed by atoms with Crippen molar-refractivity contribution in [3.8, 4) is 0 Å². The molecular weight excluding hydrogens is 248 g/mol. The van der Waals surface area contributed by atoms with Crippen LogP contribution >= 0.6 is 11.8 Å². The van der Waals surface area contributed by atoms with Crippen molar-refractivity contribution in [1.82, 2.24) is 10.2 Å². The van der Waals surface area contributed by atoms with Gasteiger partial charge in [0.05, 0.1) is 6.61 Å². The van der Waals surface area contributed by atoms with E-state index in [1.165, 1.54) is 24.3 Å². The first-order valence-corrected chi connectivity index (χ1v) is 8.20. The molecule has 2 rings (SSSR count). The Labute approximate surface area is 114 Å². The molecule has 4 nitrogen and oxygen atoms in total. The van der Waals surface area contributed by atoms with E-state index in [0.717, 1.165) is 25.9 Å². The molecule has 1 N–H and O–H groups in total. The summed E-state index contributed by atoms with van der Waals surface area (Å²) in [7, 11) is 0. The van der Waals surface area contributed by atoms with Gasteiger partial charge in [0.15, 0.2) is 0 Å². The summed E-state index contributed by atoms with van der Waals surface area (Å²) < 4.78 is 5.03. The van der Waals surface area contributed by atoms with Gasteiger partial charge in [-0.25, -0.2) is 4.79 Å². The van der Waals surface area contributed by atoms with Crippen molar-refractivity contribution in [3.63, 3.8) is 0 Å². The fourth-order valence-corrected chi connectivity index (χ4v) is 3.75. The van der Waals surface area contributed by atoms with Crippen LogP contribution in [0.25, 0.3) is 0 Å². The number of amides is 1. The highest BCUT2D eigenvalue weighted by Gasteiger charge is 2.25. The van der Waals surface area contributed by atoms with E-state index in [1.807, 2.05) is 11.8 Å². The summed E-state index contributed by atoms with van der Waals surface area (Å²) in [6.45, 7) is 3.99. The average Bonchev–Trinajstić information content (AvgIpc) is 2.41. The van der Waals surface area contributed by atoms with Gasteiger partial charge in [-0.2, -0.15) is 11.8 Å². The first kappa shape index (κ1) is 14.0. The van der Waals surface area contributed by atoms with Crippen LogP contribution in [-0.2, 0) is 4.74 Å². The topological polar surface area (TPSA) is 41.6 Å². The molecule has 2 fully saturated rings. The van der Waals surface area contributed by atoms with Gasteiger partial charge in [-0.15, -0.1) is 0 Å². The normalized spacial score (nSPS) is 23.1. The zero-order valence-corrected chi connectivity index (χ0v) is 12.0. The summed E-state index contributed by atoms with van der Waals surface area (Å²) in [6.07, 6.45) is 4.56. The summed E-state index contributed by atoms with van der Waals surface area (Å²) in [6, 6.07) is 1.29. The van der Waals surface area contributed by atoms with Crippen molar-refractivity contribution in [3.05, 3.63) is 0 Å². The minimum atomic E-state index is -0.148. The van der Waals surface area contributed by atoms with Crippen LogP contribution in [0.2, 0.25) is 0 Å². The minimum Gasteiger partial charge on any atom is -0.450 e. The molecule has 0 aromatic carbocycles. The largest absolute Gasteiger partial charge is 0.450 e. The quantitative estimate of drug-likeness (QED) is 0.854. The second-order valence-electron chi connectivity index (χ2n) is 5.01. The van der Waals surface area contributed by atoms with Gasteiger partial charge in [-0.05, 0) is 44.1 Å². The third kappa shape index (κ3) is 4.05. The van der Waals surface area contributed by atoms with E-state index in [4.69, 9.17) is 4.74 Å². The first-order chi connectivity index (χ1) is 8.79. The van der Waals surface area contributed by atoms with E-state index < -0.39 is 0 Å². The lowest BCUT2D eigenvalue weighted by atomic mass is 10.0. The summed E-state index contributed by atoms with van der Waals surface area (Å²) in [5.41, 5.74) is 0. The third-order valence-corrected chi connectivity index (χ3v) is 4.76. The molecule has 18 heavy (non-hydrogen) atoms. The number of hydrogen-bond acceptors (Lipinski definition) is 4. The number of rotatable bonds is 3. The molecule has 0 radical (unpaired) electrons. The average molecular weight is 272 g/mol. The van der Waals surface area contributed by atoms with Gasteiger partial charge in [0.1, 0.15) is 0 Å². The van der Waals surface area contributed by atoms with Crippen LogP contribution in [0.5, 0.6) is 0 Å². The zero-order valence-electron chi connectivity index (χ0n) is 11.2. The molecule has 0 saturated carbocycles. The summed E-state index contributed by atoms with van der Waals surface area (Å²) >= 11 is 2.06. The number of piperidine rings is 1. The maximum absolute atomic E-state index is 11.6. The maximum atomic E-state index is 11.6. The number of carbonyl (C=O) groups is 1. The van der Waals surface area contributed by atoms with Crippen molar-refractivity contribution >= 4 is 17.9 Å². The lowest BCUT2D eigenvalue weighted by Crippen LogP contribution is -2.48. The molecule has 0 unspecified atom stereocenters. The fourth-order valence-electron chi connectivity index (χ4n) is 2.64. The molecule has 104 valence electrons. The highest BCUT2D eigenvalue weighted by Crippen LogP contribution is 2.19. The van der Waals surface area contributed by atoms with Gasteiger partial charge in [-0.3, -0.25) is 0 Å². The number of likely N-dealkylation sites (tertiary alicyclic amines) is 1. The Hall–Kier alpha value is -0.420. The SMILES string of the molecule is CCOC(=O)N1CCC(NC2CCSCC2)CC1. The Morgan fingerprint density at radius 2 is 1.83 bits per heavy atom. The molecule has 2 saturated heterocycles. The number of carbonyl (C=O) groups excluding carboxylic acids is 1. The van der Waals surface area contributed by atoms with E-state index in [0.29, 0.717) is 18.7 Å². The second-order valence-corrected chi connectivity index (χ2v) is 6.24. The van der Waals surface area contributed by atoms with Crippen molar-refractivity contribution < 1.29 is 9.53 Å². The van der Waals surface area contributed by atoms with Crippen LogP contribution in [0.3, 0.4) is 0 Å². The number of thioether (sulfide) groups is 1. The number of hydrogen-bond donors (Lipinski definition) is 1. The fraction of sp³-hybridized carbons (Fsp3) is 0.923. The van der Waals surface area contributed by atoms with Crippen molar-refractivity contribution in [2.75, 3.05) is 31.2 Å². The highest BCUT2D eigenvalue weighted by atomic mass is 32.2. The van der Waals surface area contributed by atoms with E-state index in [9.17, 15) is 4.79 Å². The smallest absolute Gasteiger partial charge is 0.409 e. The van der Waals surface area contributed by atoms with Crippen LogP contribution in [0.1, 0.15) is 32.6 Å². The minimum absolute atomic E-state index is 0.148. The molecule has 0 aromatic heterocycles. The zero-order chi connectivity index (χ0) is 12.8. The van der Waals surface area contributed by atoms with Crippen LogP contribution in [0.4, 0.5) is 4.79 Å². The summed E-state index contributed by atoms with van der Waals surface area (Å²) in [4.78, 5) is 13.4. The van der Waals surface area contributed by atoms with E-state index >= 15 is 0 Å². The molecule has 0 aliphatic carbocycles. The monoisotopic (exact) mass is 272 g/mol. The Bertz CT molecular complexity index is 262. The third-order valence-electron chi connectivity index (χ3n) is 3.71. The standard InChI is InChI=1S/C13H24N2O2S/c1-2-17-13(16)15-7-3-11(4-8-15)14-12-5-9-18-10-6-12/h11-12,14H,2-10H2,1H3. The van der Waals surface area contributed by atoms with Crippen molar-refractivity contribution in [2.45, 2.75) is 44.7 Å². The second kappa shape index (κ2) is 7.24. The molecule has 0 bridgehead atoms. The number of nitrogens with zero attached hydrogens (tertiary/aromatic N) is 1. The van der Waals surface area contributed by atoms with E-state index in [-0.39, 0.29) is 6.09 Å². The Morgan fingerprint density at radius 3 is 2.44 bits per heavy atom.